The van der Waals surface area contributed by atoms with Crippen molar-refractivity contribution in [3.05, 3.63) is 92.4 Å². The average Bonchev–Trinajstić information content (AvgIpc) is 2.83. The summed E-state index contributed by atoms with van der Waals surface area (Å²) in [7, 11) is 1.50. The van der Waals surface area contributed by atoms with Crippen LogP contribution in [0.5, 0.6) is 11.5 Å². The van der Waals surface area contributed by atoms with Crippen LogP contribution in [0.3, 0.4) is 0 Å². The summed E-state index contributed by atoms with van der Waals surface area (Å²) in [6, 6.07) is 21.0. The lowest BCUT2D eigenvalue weighted by atomic mass is 10.1. The van der Waals surface area contributed by atoms with Crippen molar-refractivity contribution in [3.8, 4) is 23.6 Å². The molecule has 0 radical (unpaired) electrons. The van der Waals surface area contributed by atoms with E-state index in [2.05, 4.69) is 27.3 Å². The minimum atomic E-state index is -0.545. The first-order valence-electron chi connectivity index (χ1n) is 9.61. The second-order valence-electron chi connectivity index (χ2n) is 6.76. The molecule has 0 saturated carbocycles. The molecule has 6 nitrogen and oxygen atoms in total. The van der Waals surface area contributed by atoms with Gasteiger partial charge in [-0.1, -0.05) is 23.7 Å². The highest BCUT2D eigenvalue weighted by Gasteiger charge is 2.14. The van der Waals surface area contributed by atoms with E-state index in [0.717, 1.165) is 5.56 Å². The number of hydrogen-bond acceptors (Lipinski definition) is 5. The van der Waals surface area contributed by atoms with Gasteiger partial charge in [0.1, 0.15) is 18.2 Å². The van der Waals surface area contributed by atoms with Crippen LogP contribution < -0.4 is 14.8 Å². The number of benzene rings is 3. The second kappa shape index (κ2) is 11.2. The van der Waals surface area contributed by atoms with Gasteiger partial charge in [-0.3, -0.25) is 4.79 Å². The third-order valence-corrected chi connectivity index (χ3v) is 5.34. The highest BCUT2D eigenvalue weighted by molar-refractivity contribution is 9.10. The van der Waals surface area contributed by atoms with Crippen molar-refractivity contribution in [2.24, 2.45) is 0 Å². The zero-order valence-corrected chi connectivity index (χ0v) is 19.8. The average molecular weight is 523 g/mol. The Bertz CT molecular complexity index is 1270. The van der Waals surface area contributed by atoms with Gasteiger partial charge in [0.2, 0.25) is 0 Å². The van der Waals surface area contributed by atoms with Gasteiger partial charge in [-0.05, 0) is 81.7 Å². The van der Waals surface area contributed by atoms with Crippen LogP contribution in [0.15, 0.2) is 70.7 Å². The zero-order valence-electron chi connectivity index (χ0n) is 17.4. The summed E-state index contributed by atoms with van der Waals surface area (Å²) in [6.45, 7) is 0.267. The molecule has 0 atom stereocenters. The number of methoxy groups -OCH3 is 1. The van der Waals surface area contributed by atoms with Gasteiger partial charge in [0.15, 0.2) is 11.5 Å². The van der Waals surface area contributed by atoms with E-state index in [-0.39, 0.29) is 12.2 Å². The molecule has 0 aromatic heterocycles. The van der Waals surface area contributed by atoms with Crippen LogP contribution in [-0.4, -0.2) is 13.0 Å². The second-order valence-corrected chi connectivity index (χ2v) is 8.05. The smallest absolute Gasteiger partial charge is 0.266 e. The van der Waals surface area contributed by atoms with Crippen molar-refractivity contribution in [2.75, 3.05) is 12.4 Å². The molecule has 0 heterocycles. The first kappa shape index (κ1) is 23.9. The van der Waals surface area contributed by atoms with Crippen LogP contribution in [0.25, 0.3) is 6.08 Å². The fourth-order valence-electron chi connectivity index (χ4n) is 2.84. The summed E-state index contributed by atoms with van der Waals surface area (Å²) >= 11 is 9.33. The Hall–Kier alpha value is -3.78. The minimum absolute atomic E-state index is 0.0786. The maximum Gasteiger partial charge on any atom is 0.266 e. The Morgan fingerprint density at radius 1 is 1.12 bits per heavy atom. The monoisotopic (exact) mass is 521 g/mol. The Morgan fingerprint density at radius 2 is 1.82 bits per heavy atom. The van der Waals surface area contributed by atoms with Crippen molar-refractivity contribution in [1.29, 1.82) is 10.5 Å². The van der Waals surface area contributed by atoms with Gasteiger partial charge < -0.3 is 14.8 Å². The van der Waals surface area contributed by atoms with Gasteiger partial charge in [-0.25, -0.2) is 0 Å². The van der Waals surface area contributed by atoms with E-state index in [0.29, 0.717) is 37.8 Å². The number of amides is 1. The Balaban J connectivity index is 1.79. The van der Waals surface area contributed by atoms with Gasteiger partial charge >= 0.3 is 0 Å². The van der Waals surface area contributed by atoms with Gasteiger partial charge in [-0.2, -0.15) is 10.5 Å². The minimum Gasteiger partial charge on any atom is -0.493 e. The number of nitrogens with one attached hydrogen (secondary N) is 1. The summed E-state index contributed by atoms with van der Waals surface area (Å²) in [6.07, 6.45) is 1.46. The van der Waals surface area contributed by atoms with Crippen molar-refractivity contribution in [1.82, 2.24) is 0 Å². The topological polar surface area (TPSA) is 95.1 Å². The number of nitrogens with zero attached hydrogens (tertiary/aromatic N) is 2. The summed E-state index contributed by atoms with van der Waals surface area (Å²) in [5.74, 6) is 0.360. The third-order valence-electron chi connectivity index (χ3n) is 4.50. The van der Waals surface area contributed by atoms with Crippen molar-refractivity contribution in [3.63, 3.8) is 0 Å². The van der Waals surface area contributed by atoms with Crippen molar-refractivity contribution >= 4 is 45.2 Å². The molecular formula is C25H17BrClN3O3. The van der Waals surface area contributed by atoms with Gasteiger partial charge in [0, 0.05) is 10.7 Å². The van der Waals surface area contributed by atoms with Crippen molar-refractivity contribution < 1.29 is 14.3 Å². The van der Waals surface area contributed by atoms with E-state index in [1.165, 1.54) is 13.2 Å². The van der Waals surface area contributed by atoms with Crippen LogP contribution in [0, 0.1) is 22.7 Å². The lowest BCUT2D eigenvalue weighted by molar-refractivity contribution is -0.112. The quantitative estimate of drug-likeness (QED) is 0.298. The molecule has 8 heteroatoms. The molecule has 0 saturated heterocycles. The number of rotatable bonds is 7. The number of anilines is 1. The molecule has 3 aromatic rings. The standard InChI is InChI=1S/C25H17BrClN3O3/c1-32-23-12-18(10-19(14-29)25(31)30-21-8-6-20(27)7-9-21)11-22(26)24(23)33-15-17-4-2-16(13-28)3-5-17/h2-12H,15H2,1H3,(H,30,31)/b19-10+. The molecule has 0 unspecified atom stereocenters. The molecular weight excluding hydrogens is 506 g/mol. The Morgan fingerprint density at radius 3 is 2.42 bits per heavy atom. The fourth-order valence-corrected chi connectivity index (χ4v) is 3.54. The summed E-state index contributed by atoms with van der Waals surface area (Å²) in [4.78, 5) is 12.5. The number of halogens is 2. The van der Waals surface area contributed by atoms with E-state index in [9.17, 15) is 10.1 Å². The lowest BCUT2D eigenvalue weighted by Crippen LogP contribution is -2.13. The molecule has 33 heavy (non-hydrogen) atoms. The molecule has 0 bridgehead atoms. The molecule has 1 N–H and O–H groups in total. The molecule has 164 valence electrons. The fraction of sp³-hybridized carbons (Fsp3) is 0.0800. The van der Waals surface area contributed by atoms with Crippen LogP contribution in [0.4, 0.5) is 5.69 Å². The lowest BCUT2D eigenvalue weighted by Gasteiger charge is -2.14. The summed E-state index contributed by atoms with van der Waals surface area (Å²) < 4.78 is 12.0. The molecule has 0 aliphatic carbocycles. The normalized spacial score (nSPS) is 10.6. The summed E-state index contributed by atoms with van der Waals surface area (Å²) in [5, 5.41) is 21.6. The number of ether oxygens (including phenoxy) is 2. The van der Waals surface area contributed by atoms with Crippen molar-refractivity contribution in [2.45, 2.75) is 6.61 Å². The predicted octanol–water partition coefficient (Wildman–Crippen LogP) is 6.11. The SMILES string of the molecule is COc1cc(/C=C(\C#N)C(=O)Nc2ccc(Cl)cc2)cc(Br)c1OCc1ccc(C#N)cc1. The van der Waals surface area contributed by atoms with E-state index in [1.54, 1.807) is 48.5 Å². The van der Waals surface area contributed by atoms with Crippen LogP contribution in [0.1, 0.15) is 16.7 Å². The summed E-state index contributed by atoms with van der Waals surface area (Å²) in [5.41, 5.74) is 2.48. The Labute approximate surface area is 204 Å². The molecule has 0 aliphatic rings. The van der Waals surface area contributed by atoms with E-state index >= 15 is 0 Å². The maximum atomic E-state index is 12.5. The molecule has 3 aromatic carbocycles. The Kier molecular flexibility index (Phi) is 8.10. The molecule has 0 spiro atoms. The maximum absolute atomic E-state index is 12.5. The highest BCUT2D eigenvalue weighted by atomic mass is 79.9. The van der Waals surface area contributed by atoms with Gasteiger partial charge in [0.25, 0.3) is 5.91 Å². The zero-order chi connectivity index (χ0) is 23.8. The van der Waals surface area contributed by atoms with Crippen LogP contribution in [-0.2, 0) is 11.4 Å². The predicted molar refractivity (Wildman–Crippen MR) is 130 cm³/mol. The number of nitriles is 2. The van der Waals surface area contributed by atoms with Crippen LogP contribution >= 0.6 is 27.5 Å². The molecule has 0 fully saturated rings. The highest BCUT2D eigenvalue weighted by Crippen LogP contribution is 2.37. The van der Waals surface area contributed by atoms with E-state index < -0.39 is 5.91 Å². The number of hydrogen-bond donors (Lipinski definition) is 1. The molecule has 3 rings (SSSR count). The molecule has 0 aliphatic heterocycles. The number of carbonyl (C=O) groups excluding carboxylic acids is 1. The first-order valence-corrected chi connectivity index (χ1v) is 10.8. The third kappa shape index (κ3) is 6.36. The number of carbonyl (C=O) groups is 1. The first-order chi connectivity index (χ1) is 15.9. The van der Waals surface area contributed by atoms with E-state index in [1.807, 2.05) is 18.2 Å². The van der Waals surface area contributed by atoms with Gasteiger partial charge in [-0.15, -0.1) is 0 Å². The van der Waals surface area contributed by atoms with Crippen LogP contribution in [0.2, 0.25) is 5.02 Å². The largest absolute Gasteiger partial charge is 0.493 e. The molecule has 1 amide bonds. The van der Waals surface area contributed by atoms with Gasteiger partial charge in [0.05, 0.1) is 23.2 Å². The van der Waals surface area contributed by atoms with E-state index in [4.69, 9.17) is 26.3 Å².